The zero-order valence-corrected chi connectivity index (χ0v) is 14.0. The minimum absolute atomic E-state index is 0.395. The van der Waals surface area contributed by atoms with Crippen LogP contribution in [0.3, 0.4) is 0 Å². The third-order valence-electron chi connectivity index (χ3n) is 3.40. The Bertz CT molecular complexity index is 744. The van der Waals surface area contributed by atoms with Gasteiger partial charge in [-0.25, -0.2) is 9.59 Å². The molecule has 0 atom stereocenters. The lowest BCUT2D eigenvalue weighted by Crippen LogP contribution is -2.41. The Morgan fingerprint density at radius 3 is 2.36 bits per heavy atom. The zero-order chi connectivity index (χ0) is 18.1. The third-order valence-corrected chi connectivity index (χ3v) is 3.40. The van der Waals surface area contributed by atoms with Crippen LogP contribution >= 0.6 is 0 Å². The van der Waals surface area contributed by atoms with Crippen LogP contribution in [-0.2, 0) is 16.0 Å². The highest BCUT2D eigenvalue weighted by Gasteiger charge is 2.15. The van der Waals surface area contributed by atoms with Crippen LogP contribution in [0.25, 0.3) is 0 Å². The number of rotatable bonds is 6. The molecule has 0 aromatic heterocycles. The lowest BCUT2D eigenvalue weighted by Gasteiger charge is -2.10. The average molecular weight is 340 g/mol. The lowest BCUT2D eigenvalue weighted by molar-refractivity contribution is -0.123. The standard InChI is InChI=1S/C19H20N2O4/c1-2-20-19(24)21-17(22)13-25-18(23)16-11-7-6-10-15(16)12-14-8-4-3-5-9-14/h3-11H,2,12-13H2,1H3,(H2,20,21,22,24). The van der Waals surface area contributed by atoms with Crippen molar-refractivity contribution in [2.24, 2.45) is 0 Å². The molecule has 0 bridgehead atoms. The monoisotopic (exact) mass is 340 g/mol. The molecule has 130 valence electrons. The van der Waals surface area contributed by atoms with Crippen LogP contribution in [0.2, 0.25) is 0 Å². The Morgan fingerprint density at radius 1 is 0.960 bits per heavy atom. The molecule has 0 aliphatic carbocycles. The van der Waals surface area contributed by atoms with Crippen molar-refractivity contribution in [3.63, 3.8) is 0 Å². The first-order chi connectivity index (χ1) is 12.1. The van der Waals surface area contributed by atoms with E-state index in [1.165, 1.54) is 0 Å². The first kappa shape index (κ1) is 18.2. The number of nitrogens with one attached hydrogen (secondary N) is 2. The molecule has 25 heavy (non-hydrogen) atoms. The van der Waals surface area contributed by atoms with Gasteiger partial charge in [-0.1, -0.05) is 48.5 Å². The molecule has 6 nitrogen and oxygen atoms in total. The van der Waals surface area contributed by atoms with Gasteiger partial charge in [0, 0.05) is 6.54 Å². The first-order valence-corrected chi connectivity index (χ1v) is 7.96. The van der Waals surface area contributed by atoms with E-state index < -0.39 is 24.5 Å². The molecule has 0 saturated carbocycles. The highest BCUT2D eigenvalue weighted by Crippen LogP contribution is 2.15. The summed E-state index contributed by atoms with van der Waals surface area (Å²) in [7, 11) is 0. The molecule has 2 aromatic carbocycles. The van der Waals surface area contributed by atoms with Crippen LogP contribution in [0.1, 0.15) is 28.4 Å². The van der Waals surface area contributed by atoms with Gasteiger partial charge in [-0.05, 0) is 30.5 Å². The molecule has 3 amide bonds. The molecule has 2 N–H and O–H groups in total. The summed E-state index contributed by atoms with van der Waals surface area (Å²) in [6.07, 6.45) is 0.581. The Balaban J connectivity index is 1.98. The summed E-state index contributed by atoms with van der Waals surface area (Å²) < 4.78 is 5.02. The normalized spacial score (nSPS) is 9.96. The molecule has 0 unspecified atom stereocenters. The molecule has 0 radical (unpaired) electrons. The highest BCUT2D eigenvalue weighted by atomic mass is 16.5. The Labute approximate surface area is 146 Å². The number of esters is 1. The maximum atomic E-state index is 12.3. The summed E-state index contributed by atoms with van der Waals surface area (Å²) in [5.41, 5.74) is 2.27. The average Bonchev–Trinajstić information content (AvgIpc) is 2.61. The number of ether oxygens (including phenoxy) is 1. The van der Waals surface area contributed by atoms with Crippen molar-refractivity contribution in [3.8, 4) is 0 Å². The number of hydrogen-bond donors (Lipinski definition) is 2. The number of hydrogen-bond acceptors (Lipinski definition) is 4. The lowest BCUT2D eigenvalue weighted by atomic mass is 10.00. The molecule has 0 fully saturated rings. The second kappa shape index (κ2) is 9.22. The second-order valence-electron chi connectivity index (χ2n) is 5.30. The quantitative estimate of drug-likeness (QED) is 0.790. The van der Waals surface area contributed by atoms with E-state index in [4.69, 9.17) is 4.74 Å². The molecule has 0 aliphatic rings. The molecule has 6 heteroatoms. The Morgan fingerprint density at radius 2 is 1.64 bits per heavy atom. The maximum absolute atomic E-state index is 12.3. The smallest absolute Gasteiger partial charge is 0.338 e. The van der Waals surface area contributed by atoms with Gasteiger partial charge in [-0.3, -0.25) is 10.1 Å². The predicted molar refractivity (Wildman–Crippen MR) is 93.2 cm³/mol. The molecular formula is C19H20N2O4. The van der Waals surface area contributed by atoms with Gasteiger partial charge in [-0.15, -0.1) is 0 Å². The van der Waals surface area contributed by atoms with E-state index in [2.05, 4.69) is 10.6 Å². The van der Waals surface area contributed by atoms with Crippen LogP contribution in [-0.4, -0.2) is 31.1 Å². The van der Waals surface area contributed by atoms with Crippen LogP contribution in [0.15, 0.2) is 54.6 Å². The summed E-state index contributed by atoms with van der Waals surface area (Å²) in [5, 5.41) is 4.50. The van der Waals surface area contributed by atoms with Crippen LogP contribution in [0.4, 0.5) is 4.79 Å². The van der Waals surface area contributed by atoms with Gasteiger partial charge in [0.25, 0.3) is 5.91 Å². The van der Waals surface area contributed by atoms with E-state index in [0.717, 1.165) is 11.1 Å². The van der Waals surface area contributed by atoms with Crippen molar-refractivity contribution in [3.05, 3.63) is 71.3 Å². The summed E-state index contributed by atoms with van der Waals surface area (Å²) >= 11 is 0. The van der Waals surface area contributed by atoms with Crippen molar-refractivity contribution < 1.29 is 19.1 Å². The molecule has 2 rings (SSSR count). The van der Waals surface area contributed by atoms with Crippen LogP contribution in [0.5, 0.6) is 0 Å². The number of carbonyl (C=O) groups excluding carboxylic acids is 3. The summed E-state index contributed by atoms with van der Waals surface area (Å²) in [6, 6.07) is 16.2. The zero-order valence-electron chi connectivity index (χ0n) is 14.0. The van der Waals surface area contributed by atoms with Crippen molar-refractivity contribution in [2.45, 2.75) is 13.3 Å². The number of benzene rings is 2. The van der Waals surface area contributed by atoms with E-state index in [1.54, 1.807) is 19.1 Å². The Hall–Kier alpha value is -3.15. The molecule has 0 saturated heterocycles. The van der Waals surface area contributed by atoms with E-state index in [1.807, 2.05) is 42.5 Å². The third kappa shape index (κ3) is 5.76. The molecule has 0 aliphatic heterocycles. The maximum Gasteiger partial charge on any atom is 0.338 e. The molecular weight excluding hydrogens is 320 g/mol. The van der Waals surface area contributed by atoms with E-state index in [0.29, 0.717) is 18.5 Å². The fourth-order valence-corrected chi connectivity index (χ4v) is 2.27. The largest absolute Gasteiger partial charge is 0.452 e. The van der Waals surface area contributed by atoms with Gasteiger partial charge in [0.2, 0.25) is 0 Å². The van der Waals surface area contributed by atoms with Crippen molar-refractivity contribution in [1.82, 2.24) is 10.6 Å². The van der Waals surface area contributed by atoms with Crippen LogP contribution < -0.4 is 10.6 Å². The first-order valence-electron chi connectivity index (χ1n) is 7.96. The number of carbonyl (C=O) groups is 3. The van der Waals surface area contributed by atoms with Gasteiger partial charge in [-0.2, -0.15) is 0 Å². The summed E-state index contributed by atoms with van der Waals surface area (Å²) in [4.78, 5) is 35.1. The van der Waals surface area contributed by atoms with Gasteiger partial charge >= 0.3 is 12.0 Å². The minimum Gasteiger partial charge on any atom is -0.452 e. The van der Waals surface area contributed by atoms with E-state index >= 15 is 0 Å². The van der Waals surface area contributed by atoms with E-state index in [-0.39, 0.29) is 0 Å². The minimum atomic E-state index is -0.681. The SMILES string of the molecule is CCNC(=O)NC(=O)COC(=O)c1ccccc1Cc1ccccc1. The van der Waals surface area contributed by atoms with Gasteiger partial charge in [0.05, 0.1) is 5.56 Å². The Kier molecular flexibility index (Phi) is 6.71. The van der Waals surface area contributed by atoms with Crippen LogP contribution in [0, 0.1) is 0 Å². The van der Waals surface area contributed by atoms with E-state index in [9.17, 15) is 14.4 Å². The fourth-order valence-electron chi connectivity index (χ4n) is 2.27. The number of urea groups is 1. The number of imide groups is 1. The summed E-state index contributed by atoms with van der Waals surface area (Å²) in [6.45, 7) is 1.61. The molecule has 2 aromatic rings. The predicted octanol–water partition coefficient (Wildman–Crippen LogP) is 2.28. The highest BCUT2D eigenvalue weighted by molar-refractivity contribution is 5.97. The molecule has 0 spiro atoms. The second-order valence-corrected chi connectivity index (χ2v) is 5.30. The topological polar surface area (TPSA) is 84.5 Å². The van der Waals surface area contributed by atoms with Gasteiger partial charge < -0.3 is 10.1 Å². The fraction of sp³-hybridized carbons (Fsp3) is 0.211. The number of amides is 3. The summed E-state index contributed by atoms with van der Waals surface area (Å²) in [5.74, 6) is -1.28. The van der Waals surface area contributed by atoms with Gasteiger partial charge in [0.15, 0.2) is 6.61 Å². The van der Waals surface area contributed by atoms with Crippen molar-refractivity contribution in [2.75, 3.05) is 13.2 Å². The molecule has 0 heterocycles. The van der Waals surface area contributed by atoms with Crippen molar-refractivity contribution >= 4 is 17.9 Å². The van der Waals surface area contributed by atoms with Crippen molar-refractivity contribution in [1.29, 1.82) is 0 Å². The van der Waals surface area contributed by atoms with Gasteiger partial charge in [0.1, 0.15) is 0 Å².